The lowest BCUT2D eigenvalue weighted by Gasteiger charge is -2.33. The van der Waals surface area contributed by atoms with Crippen molar-refractivity contribution in [3.8, 4) is 16.3 Å². The van der Waals surface area contributed by atoms with E-state index in [0.717, 1.165) is 28.8 Å². The largest absolute Gasteiger partial charge is 0.490 e. The van der Waals surface area contributed by atoms with Crippen LogP contribution in [-0.2, 0) is 0 Å². The first-order chi connectivity index (χ1) is 14.4. The smallest absolute Gasteiger partial charge is 0.336 e. The van der Waals surface area contributed by atoms with Crippen LogP contribution >= 0.6 is 11.3 Å². The fourth-order valence-corrected chi connectivity index (χ4v) is 5.52. The van der Waals surface area contributed by atoms with E-state index < -0.39 is 5.97 Å². The van der Waals surface area contributed by atoms with E-state index in [2.05, 4.69) is 26.0 Å². The molecule has 0 bridgehead atoms. The molecule has 2 heterocycles. The highest BCUT2D eigenvalue weighted by molar-refractivity contribution is 7.22. The average Bonchev–Trinajstić information content (AvgIpc) is 3.05. The minimum atomic E-state index is -0.958. The Morgan fingerprint density at radius 2 is 1.93 bits per heavy atom. The van der Waals surface area contributed by atoms with Crippen molar-refractivity contribution < 1.29 is 14.6 Å². The first kappa shape index (κ1) is 19.1. The molecular formula is C25H23NO3S. The third-order valence-electron chi connectivity index (χ3n) is 6.05. The molecule has 0 aliphatic heterocycles. The predicted molar refractivity (Wildman–Crippen MR) is 122 cm³/mol. The molecular weight excluding hydrogens is 394 g/mol. The van der Waals surface area contributed by atoms with Crippen LogP contribution in [0.15, 0.2) is 42.5 Å². The zero-order chi connectivity index (χ0) is 21.0. The number of thiophene rings is 1. The Kier molecular flexibility index (Phi) is 4.51. The molecule has 1 saturated carbocycles. The van der Waals surface area contributed by atoms with Crippen molar-refractivity contribution in [3.63, 3.8) is 0 Å². The van der Waals surface area contributed by atoms with Crippen LogP contribution < -0.4 is 4.74 Å². The number of aromatic carboxylic acids is 1. The molecule has 5 heteroatoms. The van der Waals surface area contributed by atoms with Crippen LogP contribution in [0.25, 0.3) is 31.6 Å². The quantitative estimate of drug-likeness (QED) is 0.406. The van der Waals surface area contributed by atoms with Gasteiger partial charge in [-0.15, -0.1) is 11.3 Å². The molecule has 0 saturated heterocycles. The molecule has 0 spiro atoms. The molecule has 1 N–H and O–H groups in total. The van der Waals surface area contributed by atoms with Crippen LogP contribution in [-0.4, -0.2) is 22.2 Å². The Hall–Kier alpha value is -2.92. The van der Waals surface area contributed by atoms with Crippen molar-refractivity contribution in [2.75, 3.05) is 0 Å². The van der Waals surface area contributed by atoms with Crippen LogP contribution in [0.1, 0.15) is 41.3 Å². The highest BCUT2D eigenvalue weighted by Gasteiger charge is 2.29. The van der Waals surface area contributed by atoms with E-state index in [9.17, 15) is 9.90 Å². The maximum Gasteiger partial charge on any atom is 0.336 e. The van der Waals surface area contributed by atoms with E-state index in [0.29, 0.717) is 28.3 Å². The Balaban J connectivity index is 1.72. The predicted octanol–water partition coefficient (Wildman–Crippen LogP) is 6.61. The van der Waals surface area contributed by atoms with E-state index in [-0.39, 0.29) is 11.7 Å². The molecule has 1 aliphatic carbocycles. The SMILES string of the molecule is Cc1c(-c2cc(C(=O)O)c3c(O[C@H]4C[C@@H](C)C4)ccc(C)c3n2)sc2ccccc12. The molecule has 0 amide bonds. The Labute approximate surface area is 179 Å². The van der Waals surface area contributed by atoms with Crippen molar-refractivity contribution >= 4 is 38.3 Å². The summed E-state index contributed by atoms with van der Waals surface area (Å²) in [7, 11) is 0. The van der Waals surface area contributed by atoms with Gasteiger partial charge in [-0.3, -0.25) is 0 Å². The maximum absolute atomic E-state index is 12.3. The van der Waals surface area contributed by atoms with E-state index in [1.165, 1.54) is 10.1 Å². The number of carbonyl (C=O) groups is 1. The van der Waals surface area contributed by atoms with Gasteiger partial charge in [0.05, 0.1) is 33.1 Å². The van der Waals surface area contributed by atoms with Crippen LogP contribution in [0.5, 0.6) is 5.75 Å². The lowest BCUT2D eigenvalue weighted by Crippen LogP contribution is -2.32. The van der Waals surface area contributed by atoms with Crippen LogP contribution in [0.3, 0.4) is 0 Å². The number of hydrogen-bond acceptors (Lipinski definition) is 4. The summed E-state index contributed by atoms with van der Waals surface area (Å²) in [5.41, 5.74) is 3.73. The van der Waals surface area contributed by atoms with Crippen molar-refractivity contribution in [1.82, 2.24) is 4.98 Å². The lowest BCUT2D eigenvalue weighted by atomic mass is 9.84. The molecule has 152 valence electrons. The number of benzene rings is 2. The minimum Gasteiger partial charge on any atom is -0.490 e. The number of aryl methyl sites for hydroxylation is 2. The third-order valence-corrected chi connectivity index (χ3v) is 7.35. The van der Waals surface area contributed by atoms with Gasteiger partial charge in [-0.2, -0.15) is 0 Å². The van der Waals surface area contributed by atoms with Gasteiger partial charge < -0.3 is 9.84 Å². The van der Waals surface area contributed by atoms with Gasteiger partial charge in [0.15, 0.2) is 0 Å². The minimum absolute atomic E-state index is 0.150. The fourth-order valence-electron chi connectivity index (χ4n) is 4.35. The van der Waals surface area contributed by atoms with Gasteiger partial charge in [-0.25, -0.2) is 9.78 Å². The number of carboxylic acids is 1. The first-order valence-electron chi connectivity index (χ1n) is 10.2. The van der Waals surface area contributed by atoms with E-state index in [1.807, 2.05) is 31.2 Å². The number of nitrogens with zero attached hydrogens (tertiary/aromatic N) is 1. The summed E-state index contributed by atoms with van der Waals surface area (Å²) in [6.07, 6.45) is 2.16. The van der Waals surface area contributed by atoms with Crippen LogP contribution in [0, 0.1) is 19.8 Å². The molecule has 0 unspecified atom stereocenters. The first-order valence-corrected chi connectivity index (χ1v) is 11.1. The van der Waals surface area contributed by atoms with Gasteiger partial charge in [0, 0.05) is 4.70 Å². The van der Waals surface area contributed by atoms with E-state index >= 15 is 0 Å². The zero-order valence-corrected chi connectivity index (χ0v) is 18.0. The molecule has 0 atom stereocenters. The Morgan fingerprint density at radius 1 is 1.17 bits per heavy atom. The summed E-state index contributed by atoms with van der Waals surface area (Å²) in [4.78, 5) is 18.2. The number of carboxylic acid groups (broad SMARTS) is 1. The van der Waals surface area contributed by atoms with Crippen molar-refractivity contribution in [2.24, 2.45) is 5.92 Å². The average molecular weight is 418 g/mol. The van der Waals surface area contributed by atoms with Crippen LogP contribution in [0.2, 0.25) is 0 Å². The van der Waals surface area contributed by atoms with Gasteiger partial charge in [0.25, 0.3) is 0 Å². The van der Waals surface area contributed by atoms with Crippen LogP contribution in [0.4, 0.5) is 0 Å². The fraction of sp³-hybridized carbons (Fsp3) is 0.280. The molecule has 5 rings (SSSR count). The highest BCUT2D eigenvalue weighted by atomic mass is 32.1. The second-order valence-corrected chi connectivity index (χ2v) is 9.39. The Morgan fingerprint density at radius 3 is 2.63 bits per heavy atom. The number of aromatic nitrogens is 1. The van der Waals surface area contributed by atoms with Crippen molar-refractivity contribution in [1.29, 1.82) is 0 Å². The summed E-state index contributed by atoms with van der Waals surface area (Å²) in [5, 5.41) is 11.8. The second kappa shape index (κ2) is 7.10. The molecule has 1 fully saturated rings. The lowest BCUT2D eigenvalue weighted by molar-refractivity contribution is 0.0690. The summed E-state index contributed by atoms with van der Waals surface area (Å²) in [6.45, 7) is 6.25. The molecule has 4 nitrogen and oxygen atoms in total. The number of ether oxygens (including phenoxy) is 1. The standard InChI is InChI=1S/C25H23NO3S/c1-13-10-16(11-13)29-20-9-8-14(2)23-22(20)18(25(27)28)12-19(26-23)24-15(3)17-6-4-5-7-21(17)30-24/h4-9,12-13,16H,10-11H2,1-3H3,(H,27,28)/t13-,16+. The van der Waals surface area contributed by atoms with Gasteiger partial charge in [-0.1, -0.05) is 31.2 Å². The van der Waals surface area contributed by atoms with E-state index in [4.69, 9.17) is 9.72 Å². The van der Waals surface area contributed by atoms with Gasteiger partial charge in [-0.05, 0) is 67.3 Å². The molecule has 2 aromatic heterocycles. The number of rotatable bonds is 4. The monoisotopic (exact) mass is 417 g/mol. The summed E-state index contributed by atoms with van der Waals surface area (Å²) < 4.78 is 7.37. The summed E-state index contributed by atoms with van der Waals surface area (Å²) >= 11 is 1.65. The Bertz CT molecular complexity index is 1300. The van der Waals surface area contributed by atoms with Gasteiger partial charge >= 0.3 is 5.97 Å². The topological polar surface area (TPSA) is 59.4 Å². The van der Waals surface area contributed by atoms with Crippen molar-refractivity contribution in [3.05, 3.63) is 59.2 Å². The van der Waals surface area contributed by atoms with Crippen molar-refractivity contribution in [2.45, 2.75) is 39.7 Å². The molecule has 30 heavy (non-hydrogen) atoms. The van der Waals surface area contributed by atoms with E-state index in [1.54, 1.807) is 17.4 Å². The number of hydrogen-bond donors (Lipinski definition) is 1. The number of fused-ring (bicyclic) bond motifs is 2. The second-order valence-electron chi connectivity index (χ2n) is 8.33. The summed E-state index contributed by atoms with van der Waals surface area (Å²) in [6, 6.07) is 13.8. The number of pyridine rings is 1. The molecule has 4 aromatic rings. The zero-order valence-electron chi connectivity index (χ0n) is 17.2. The maximum atomic E-state index is 12.3. The molecule has 2 aromatic carbocycles. The summed E-state index contributed by atoms with van der Waals surface area (Å²) in [5.74, 6) is 0.322. The molecule has 0 radical (unpaired) electrons. The van der Waals surface area contributed by atoms with Gasteiger partial charge in [0.2, 0.25) is 0 Å². The third kappa shape index (κ3) is 3.05. The normalized spacial score (nSPS) is 18.5. The molecule has 1 aliphatic rings. The highest BCUT2D eigenvalue weighted by Crippen LogP contribution is 2.41. The van der Waals surface area contributed by atoms with Gasteiger partial charge in [0.1, 0.15) is 5.75 Å².